The fourth-order valence-corrected chi connectivity index (χ4v) is 5.85. The third kappa shape index (κ3) is 2.95. The number of thiocarbonyl (C=S) groups is 1. The first-order chi connectivity index (χ1) is 12.5. The molecule has 0 radical (unpaired) electrons. The van der Waals surface area contributed by atoms with Gasteiger partial charge in [0.1, 0.15) is 9.93 Å². The zero-order valence-corrected chi connectivity index (χ0v) is 17.4. The summed E-state index contributed by atoms with van der Waals surface area (Å²) in [5.74, 6) is -0.0644. The molecular formula is C19H15ClN2OS3. The number of rotatable bonds is 2. The Morgan fingerprint density at radius 3 is 2.69 bits per heavy atom. The predicted molar refractivity (Wildman–Crippen MR) is 116 cm³/mol. The molecule has 0 aliphatic carbocycles. The van der Waals surface area contributed by atoms with Gasteiger partial charge < -0.3 is 4.90 Å². The lowest BCUT2D eigenvalue weighted by molar-refractivity contribution is -0.113. The minimum atomic E-state index is -0.0644. The van der Waals surface area contributed by atoms with E-state index in [-0.39, 0.29) is 5.91 Å². The molecule has 1 saturated heterocycles. The Bertz CT molecular complexity index is 973. The molecule has 0 atom stereocenters. The molecular weight excluding hydrogens is 404 g/mol. The van der Waals surface area contributed by atoms with E-state index in [1.54, 1.807) is 16.7 Å². The van der Waals surface area contributed by atoms with Crippen molar-refractivity contribution in [1.29, 1.82) is 0 Å². The maximum absolute atomic E-state index is 13.2. The number of amides is 1. The molecule has 2 aromatic carbocycles. The van der Waals surface area contributed by atoms with Crippen LogP contribution in [0.5, 0.6) is 0 Å². The molecule has 2 aliphatic heterocycles. The van der Waals surface area contributed by atoms with E-state index in [1.807, 2.05) is 49.4 Å². The Morgan fingerprint density at radius 1 is 1.15 bits per heavy atom. The first kappa shape index (κ1) is 17.9. The zero-order chi connectivity index (χ0) is 18.4. The number of hydrogen-bond acceptors (Lipinski definition) is 5. The van der Waals surface area contributed by atoms with Gasteiger partial charge in [0.2, 0.25) is 0 Å². The minimum absolute atomic E-state index is 0.0644. The van der Waals surface area contributed by atoms with Crippen molar-refractivity contribution < 1.29 is 4.79 Å². The van der Waals surface area contributed by atoms with E-state index in [1.165, 1.54) is 11.8 Å². The van der Waals surface area contributed by atoms with E-state index >= 15 is 0 Å². The maximum Gasteiger partial charge on any atom is 0.273 e. The average molecular weight is 419 g/mol. The molecule has 1 amide bonds. The summed E-state index contributed by atoms with van der Waals surface area (Å²) >= 11 is 14.7. The summed E-state index contributed by atoms with van der Waals surface area (Å²) in [5, 5.41) is 1.62. The highest BCUT2D eigenvalue weighted by atomic mass is 35.5. The van der Waals surface area contributed by atoms with Crippen molar-refractivity contribution in [2.45, 2.75) is 18.7 Å². The highest BCUT2D eigenvalue weighted by Crippen LogP contribution is 2.51. The van der Waals surface area contributed by atoms with E-state index < -0.39 is 0 Å². The Labute approximate surface area is 171 Å². The summed E-state index contributed by atoms with van der Waals surface area (Å²) in [6, 6.07) is 13.7. The van der Waals surface area contributed by atoms with Gasteiger partial charge in [-0.1, -0.05) is 59.5 Å². The molecule has 26 heavy (non-hydrogen) atoms. The van der Waals surface area contributed by atoms with Crippen LogP contribution in [0.25, 0.3) is 0 Å². The lowest BCUT2D eigenvalue weighted by atomic mass is 10.2. The van der Waals surface area contributed by atoms with Crippen LogP contribution < -0.4 is 9.80 Å². The number of hydrogen-bond donors (Lipinski definition) is 0. The summed E-state index contributed by atoms with van der Waals surface area (Å²) in [7, 11) is 0. The Morgan fingerprint density at radius 2 is 1.96 bits per heavy atom. The molecule has 7 heteroatoms. The van der Waals surface area contributed by atoms with Gasteiger partial charge in [-0.25, -0.2) is 0 Å². The molecule has 0 bridgehead atoms. The van der Waals surface area contributed by atoms with Crippen molar-refractivity contribution in [3.05, 3.63) is 63.0 Å². The van der Waals surface area contributed by atoms with Gasteiger partial charge in [0.15, 0.2) is 4.32 Å². The van der Waals surface area contributed by atoms with Gasteiger partial charge in [-0.3, -0.25) is 9.69 Å². The number of benzene rings is 2. The summed E-state index contributed by atoms with van der Waals surface area (Å²) in [6.45, 7) is 4.83. The number of halogens is 1. The number of aryl methyl sites for hydroxylation is 1. The van der Waals surface area contributed by atoms with Crippen LogP contribution in [0.1, 0.15) is 12.5 Å². The normalized spacial score (nSPS) is 19.5. The van der Waals surface area contributed by atoms with Crippen molar-refractivity contribution in [3.63, 3.8) is 0 Å². The van der Waals surface area contributed by atoms with Gasteiger partial charge in [0, 0.05) is 16.5 Å². The lowest BCUT2D eigenvalue weighted by Crippen LogP contribution is -2.28. The molecule has 3 nitrogen and oxygen atoms in total. The van der Waals surface area contributed by atoms with E-state index in [0.717, 1.165) is 33.4 Å². The molecule has 1 fully saturated rings. The molecule has 2 heterocycles. The van der Waals surface area contributed by atoms with Gasteiger partial charge in [-0.2, -0.15) is 0 Å². The van der Waals surface area contributed by atoms with Crippen molar-refractivity contribution in [3.8, 4) is 0 Å². The Hall–Kier alpha value is -1.47. The standard InChI is InChI=1S/C19H15ClN2OS3/c1-3-21-14-10-12(20)7-8-15(14)25-18(21)16-17(23)22(19(24)26-16)13-6-4-5-11(2)9-13/h4-10H,3H2,1-2H3. The topological polar surface area (TPSA) is 23.6 Å². The summed E-state index contributed by atoms with van der Waals surface area (Å²) < 4.78 is 0.564. The van der Waals surface area contributed by atoms with Crippen LogP contribution in [0.4, 0.5) is 11.4 Å². The fraction of sp³-hybridized carbons (Fsp3) is 0.158. The Balaban J connectivity index is 1.77. The highest BCUT2D eigenvalue weighted by Gasteiger charge is 2.39. The van der Waals surface area contributed by atoms with Crippen molar-refractivity contribution >= 4 is 68.9 Å². The molecule has 4 rings (SSSR count). The SMILES string of the molecule is CCN1C(=C2SC(=S)N(c3cccc(C)c3)C2=O)Sc2ccc(Cl)cc21. The van der Waals surface area contributed by atoms with Crippen LogP contribution in [-0.2, 0) is 4.79 Å². The van der Waals surface area contributed by atoms with Crippen molar-refractivity contribution in [2.75, 3.05) is 16.3 Å². The van der Waals surface area contributed by atoms with E-state index in [2.05, 4.69) is 11.8 Å². The van der Waals surface area contributed by atoms with E-state index in [0.29, 0.717) is 14.2 Å². The zero-order valence-electron chi connectivity index (χ0n) is 14.2. The van der Waals surface area contributed by atoms with Gasteiger partial charge in [-0.05, 0) is 49.7 Å². The van der Waals surface area contributed by atoms with Gasteiger partial charge in [-0.15, -0.1) is 0 Å². The van der Waals surface area contributed by atoms with Crippen molar-refractivity contribution in [2.24, 2.45) is 0 Å². The molecule has 0 spiro atoms. The summed E-state index contributed by atoms with van der Waals surface area (Å²) in [4.78, 5) is 18.7. The quantitative estimate of drug-likeness (QED) is 0.452. The molecule has 132 valence electrons. The number of anilines is 2. The van der Waals surface area contributed by atoms with Gasteiger partial charge in [0.05, 0.1) is 11.4 Å². The van der Waals surface area contributed by atoms with Crippen LogP contribution in [0, 0.1) is 6.92 Å². The first-order valence-corrected chi connectivity index (χ1v) is 10.5. The largest absolute Gasteiger partial charge is 0.334 e. The molecule has 0 N–H and O–H groups in total. The number of fused-ring (bicyclic) bond motifs is 1. The number of carbonyl (C=O) groups excluding carboxylic acids is 1. The summed E-state index contributed by atoms with van der Waals surface area (Å²) in [6.07, 6.45) is 0. The molecule has 2 aliphatic rings. The van der Waals surface area contributed by atoms with Crippen LogP contribution in [0.15, 0.2) is 57.3 Å². The van der Waals surface area contributed by atoms with E-state index in [9.17, 15) is 4.79 Å². The fourth-order valence-electron chi connectivity index (χ4n) is 3.03. The van der Waals surface area contributed by atoms with Crippen molar-refractivity contribution in [1.82, 2.24) is 0 Å². The second kappa shape index (κ2) is 6.93. The van der Waals surface area contributed by atoms with Crippen LogP contribution >= 0.6 is 47.3 Å². The van der Waals surface area contributed by atoms with Crippen LogP contribution in [0.3, 0.4) is 0 Å². The second-order valence-corrected chi connectivity index (χ2v) is 9.05. The average Bonchev–Trinajstić information content (AvgIpc) is 3.11. The molecule has 0 aromatic heterocycles. The minimum Gasteiger partial charge on any atom is -0.334 e. The lowest BCUT2D eigenvalue weighted by Gasteiger charge is -2.19. The maximum atomic E-state index is 13.2. The molecule has 0 unspecified atom stereocenters. The first-order valence-electron chi connectivity index (χ1n) is 8.11. The smallest absolute Gasteiger partial charge is 0.273 e. The monoisotopic (exact) mass is 418 g/mol. The third-order valence-corrected chi connectivity index (χ3v) is 7.11. The highest BCUT2D eigenvalue weighted by molar-refractivity contribution is 8.27. The van der Waals surface area contributed by atoms with Crippen LogP contribution in [-0.4, -0.2) is 16.8 Å². The number of nitrogens with zero attached hydrogens (tertiary/aromatic N) is 2. The van der Waals surface area contributed by atoms with Gasteiger partial charge >= 0.3 is 0 Å². The molecule has 0 saturated carbocycles. The van der Waals surface area contributed by atoms with Gasteiger partial charge in [0.25, 0.3) is 5.91 Å². The third-order valence-electron chi connectivity index (χ3n) is 4.20. The second-order valence-electron chi connectivity index (χ2n) is 5.94. The molecule has 2 aromatic rings. The van der Waals surface area contributed by atoms with E-state index in [4.69, 9.17) is 23.8 Å². The number of carbonyl (C=O) groups is 1. The number of thioether (sulfide) groups is 2. The predicted octanol–water partition coefficient (Wildman–Crippen LogP) is 5.81. The summed E-state index contributed by atoms with van der Waals surface area (Å²) in [5.41, 5.74) is 2.95. The van der Waals surface area contributed by atoms with Crippen LogP contribution in [0.2, 0.25) is 5.02 Å². The Kier molecular flexibility index (Phi) is 4.77.